The summed E-state index contributed by atoms with van der Waals surface area (Å²) in [5.41, 5.74) is 1.11. The molecule has 0 spiro atoms. The molecule has 0 unspecified atom stereocenters. The summed E-state index contributed by atoms with van der Waals surface area (Å²) >= 11 is 9.33. The molecule has 0 aliphatic heterocycles. The summed E-state index contributed by atoms with van der Waals surface area (Å²) in [5, 5.41) is 14.7. The number of methoxy groups -OCH3 is 1. The molecule has 0 aromatic heterocycles. The van der Waals surface area contributed by atoms with E-state index in [2.05, 4.69) is 26.4 Å². The van der Waals surface area contributed by atoms with Gasteiger partial charge in [0.15, 0.2) is 18.1 Å². The average Bonchev–Trinajstić information content (AvgIpc) is 2.56. The SMILES string of the molecule is COc1cc(/C=N/O)cc(Br)c1OCC(=O)Nc1ccccc1Cl. The van der Waals surface area contributed by atoms with Gasteiger partial charge in [-0.3, -0.25) is 4.79 Å². The van der Waals surface area contributed by atoms with Crippen LogP contribution in [0.25, 0.3) is 0 Å². The zero-order valence-corrected chi connectivity index (χ0v) is 15.0. The van der Waals surface area contributed by atoms with Crippen LogP contribution in [0.5, 0.6) is 11.5 Å². The van der Waals surface area contributed by atoms with E-state index in [0.717, 1.165) is 0 Å². The third-order valence-electron chi connectivity index (χ3n) is 2.95. The Kier molecular flexibility index (Phi) is 6.45. The zero-order valence-electron chi connectivity index (χ0n) is 12.6. The number of rotatable bonds is 6. The van der Waals surface area contributed by atoms with Crippen molar-refractivity contribution in [2.24, 2.45) is 5.16 Å². The summed E-state index contributed by atoms with van der Waals surface area (Å²) in [7, 11) is 1.47. The number of halogens is 2. The van der Waals surface area contributed by atoms with Crippen LogP contribution in [-0.2, 0) is 4.79 Å². The molecule has 24 heavy (non-hydrogen) atoms. The molecule has 0 aliphatic rings. The number of ether oxygens (including phenoxy) is 2. The molecule has 6 nitrogen and oxygen atoms in total. The summed E-state index contributed by atoms with van der Waals surface area (Å²) in [4.78, 5) is 12.0. The molecule has 0 fully saturated rings. The van der Waals surface area contributed by atoms with E-state index >= 15 is 0 Å². The number of amides is 1. The highest BCUT2D eigenvalue weighted by molar-refractivity contribution is 9.10. The van der Waals surface area contributed by atoms with Crippen molar-refractivity contribution in [2.45, 2.75) is 0 Å². The zero-order chi connectivity index (χ0) is 17.5. The van der Waals surface area contributed by atoms with E-state index < -0.39 is 0 Å². The monoisotopic (exact) mass is 412 g/mol. The first-order chi connectivity index (χ1) is 11.5. The Hall–Kier alpha value is -2.25. The fourth-order valence-electron chi connectivity index (χ4n) is 1.91. The maximum atomic E-state index is 12.0. The van der Waals surface area contributed by atoms with E-state index in [1.807, 2.05) is 0 Å². The van der Waals surface area contributed by atoms with Crippen molar-refractivity contribution in [3.63, 3.8) is 0 Å². The third kappa shape index (κ3) is 4.62. The smallest absolute Gasteiger partial charge is 0.262 e. The number of oxime groups is 1. The molecule has 0 atom stereocenters. The summed E-state index contributed by atoms with van der Waals surface area (Å²) in [6, 6.07) is 10.2. The van der Waals surface area contributed by atoms with Crippen molar-refractivity contribution < 1.29 is 19.5 Å². The van der Waals surface area contributed by atoms with Crippen LogP contribution in [-0.4, -0.2) is 31.0 Å². The molecule has 0 bridgehead atoms. The summed E-state index contributed by atoms with van der Waals surface area (Å²) in [5.74, 6) is 0.393. The van der Waals surface area contributed by atoms with Crippen LogP contribution in [0.3, 0.4) is 0 Å². The van der Waals surface area contributed by atoms with Crippen molar-refractivity contribution >= 4 is 45.3 Å². The van der Waals surface area contributed by atoms with E-state index in [1.54, 1.807) is 36.4 Å². The Balaban J connectivity index is 2.08. The molecular formula is C16H14BrClN2O4. The third-order valence-corrected chi connectivity index (χ3v) is 3.87. The normalized spacial score (nSPS) is 10.6. The molecule has 0 saturated carbocycles. The first kappa shape index (κ1) is 18.1. The quantitative estimate of drug-likeness (QED) is 0.427. The van der Waals surface area contributed by atoms with Gasteiger partial charge >= 0.3 is 0 Å². The lowest BCUT2D eigenvalue weighted by atomic mass is 10.2. The Bertz CT molecular complexity index is 768. The molecule has 2 aromatic carbocycles. The van der Waals surface area contributed by atoms with Gasteiger partial charge in [0.2, 0.25) is 0 Å². The molecule has 126 valence electrons. The van der Waals surface area contributed by atoms with Gasteiger partial charge in [0.25, 0.3) is 5.91 Å². The predicted octanol–water partition coefficient (Wildman–Crippen LogP) is 3.94. The second kappa shape index (κ2) is 8.56. The molecular weight excluding hydrogens is 400 g/mol. The van der Waals surface area contributed by atoms with E-state index in [-0.39, 0.29) is 12.5 Å². The van der Waals surface area contributed by atoms with E-state index in [0.29, 0.717) is 32.2 Å². The standard InChI is InChI=1S/C16H14BrClN2O4/c1-23-14-7-10(8-19-22)6-11(17)16(14)24-9-15(21)20-13-5-3-2-4-12(13)18/h2-8,22H,9H2,1H3,(H,20,21)/b19-8+. The van der Waals surface area contributed by atoms with Crippen LogP contribution in [0, 0.1) is 0 Å². The highest BCUT2D eigenvalue weighted by Crippen LogP contribution is 2.36. The van der Waals surface area contributed by atoms with Crippen LogP contribution in [0.15, 0.2) is 46.0 Å². The maximum Gasteiger partial charge on any atom is 0.262 e. The number of anilines is 1. The van der Waals surface area contributed by atoms with Crippen LogP contribution in [0.2, 0.25) is 5.02 Å². The largest absolute Gasteiger partial charge is 0.493 e. The van der Waals surface area contributed by atoms with Crippen molar-refractivity contribution in [3.05, 3.63) is 51.5 Å². The van der Waals surface area contributed by atoms with E-state index in [9.17, 15) is 4.79 Å². The number of nitrogens with zero attached hydrogens (tertiary/aromatic N) is 1. The molecule has 2 rings (SSSR count). The van der Waals surface area contributed by atoms with Crippen molar-refractivity contribution in [3.8, 4) is 11.5 Å². The lowest BCUT2D eigenvalue weighted by Gasteiger charge is -2.13. The molecule has 0 heterocycles. The summed E-state index contributed by atoms with van der Waals surface area (Å²) in [6.45, 7) is -0.229. The fraction of sp³-hybridized carbons (Fsp3) is 0.125. The van der Waals surface area contributed by atoms with Gasteiger partial charge in [-0.25, -0.2) is 0 Å². The number of carbonyl (C=O) groups is 1. The highest BCUT2D eigenvalue weighted by Gasteiger charge is 2.14. The summed E-state index contributed by atoms with van der Waals surface area (Å²) < 4.78 is 11.3. The van der Waals surface area contributed by atoms with Crippen LogP contribution in [0.4, 0.5) is 5.69 Å². The molecule has 1 amide bonds. The number of benzene rings is 2. The minimum Gasteiger partial charge on any atom is -0.493 e. The Labute approximate surface area is 152 Å². The highest BCUT2D eigenvalue weighted by atomic mass is 79.9. The van der Waals surface area contributed by atoms with Gasteiger partial charge in [-0.05, 0) is 40.2 Å². The lowest BCUT2D eigenvalue weighted by Crippen LogP contribution is -2.20. The molecule has 0 radical (unpaired) electrons. The second-order valence-electron chi connectivity index (χ2n) is 4.60. The lowest BCUT2D eigenvalue weighted by molar-refractivity contribution is -0.118. The Morgan fingerprint density at radius 3 is 2.83 bits per heavy atom. The second-order valence-corrected chi connectivity index (χ2v) is 5.86. The van der Waals surface area contributed by atoms with E-state index in [4.69, 9.17) is 26.3 Å². The number of nitrogens with one attached hydrogen (secondary N) is 1. The van der Waals surface area contributed by atoms with Crippen LogP contribution >= 0.6 is 27.5 Å². The van der Waals surface area contributed by atoms with Crippen molar-refractivity contribution in [2.75, 3.05) is 19.0 Å². The van der Waals surface area contributed by atoms with E-state index in [1.165, 1.54) is 13.3 Å². The predicted molar refractivity (Wildman–Crippen MR) is 95.7 cm³/mol. The Morgan fingerprint density at radius 2 is 2.17 bits per heavy atom. The van der Waals surface area contributed by atoms with Gasteiger partial charge in [0, 0.05) is 5.56 Å². The molecule has 0 aliphatic carbocycles. The van der Waals surface area contributed by atoms with Gasteiger partial charge in [0.05, 0.1) is 28.5 Å². The van der Waals surface area contributed by atoms with Gasteiger partial charge in [-0.15, -0.1) is 0 Å². The maximum absolute atomic E-state index is 12.0. The van der Waals surface area contributed by atoms with Crippen molar-refractivity contribution in [1.29, 1.82) is 0 Å². The van der Waals surface area contributed by atoms with Gasteiger partial charge in [-0.1, -0.05) is 28.9 Å². The molecule has 0 saturated heterocycles. The summed E-state index contributed by atoms with van der Waals surface area (Å²) in [6.07, 6.45) is 1.25. The minimum atomic E-state index is -0.363. The number of carbonyl (C=O) groups excluding carboxylic acids is 1. The fourth-order valence-corrected chi connectivity index (χ4v) is 2.66. The first-order valence-electron chi connectivity index (χ1n) is 6.77. The first-order valence-corrected chi connectivity index (χ1v) is 7.94. The van der Waals surface area contributed by atoms with Gasteiger partial charge in [0.1, 0.15) is 0 Å². The van der Waals surface area contributed by atoms with Crippen molar-refractivity contribution in [1.82, 2.24) is 0 Å². The number of para-hydroxylation sites is 1. The van der Waals surface area contributed by atoms with Gasteiger partial charge < -0.3 is 20.0 Å². The van der Waals surface area contributed by atoms with Gasteiger partial charge in [-0.2, -0.15) is 0 Å². The van der Waals surface area contributed by atoms with Crippen LogP contribution in [0.1, 0.15) is 5.56 Å². The molecule has 8 heteroatoms. The minimum absolute atomic E-state index is 0.229. The molecule has 2 aromatic rings. The van der Waals surface area contributed by atoms with Crippen LogP contribution < -0.4 is 14.8 Å². The number of hydrogen-bond donors (Lipinski definition) is 2. The number of hydrogen-bond acceptors (Lipinski definition) is 5. The molecule has 2 N–H and O–H groups in total. The average molecular weight is 414 g/mol. The Morgan fingerprint density at radius 1 is 1.42 bits per heavy atom. The topological polar surface area (TPSA) is 80.2 Å².